The van der Waals surface area contributed by atoms with Crippen molar-refractivity contribution in [2.24, 2.45) is 0 Å². The standard InChI is InChI=1S/C20H21NO5/c1-26-17-9-5-15(6-10-17)18(22)11-12-19(23)21-16-7-2-14(3-8-16)4-13-20(24)25/h2-3,5-10H,4,11-13H2,1H3,(H,21,23)(H,24,25). The zero-order valence-corrected chi connectivity index (χ0v) is 14.5. The van der Waals surface area contributed by atoms with Crippen molar-refractivity contribution in [3.8, 4) is 5.75 Å². The molecule has 0 bridgehead atoms. The SMILES string of the molecule is COc1ccc(C(=O)CCC(=O)Nc2ccc(CCC(=O)O)cc2)cc1. The summed E-state index contributed by atoms with van der Waals surface area (Å²) >= 11 is 0. The lowest BCUT2D eigenvalue weighted by Crippen LogP contribution is -2.13. The number of carboxylic acid groups (broad SMARTS) is 1. The van der Waals surface area contributed by atoms with Crippen molar-refractivity contribution in [3.63, 3.8) is 0 Å². The van der Waals surface area contributed by atoms with Crippen LogP contribution in [0.2, 0.25) is 0 Å². The fourth-order valence-corrected chi connectivity index (χ4v) is 2.38. The number of amides is 1. The summed E-state index contributed by atoms with van der Waals surface area (Å²) in [7, 11) is 1.56. The predicted molar refractivity (Wildman–Crippen MR) is 97.6 cm³/mol. The van der Waals surface area contributed by atoms with Crippen molar-refractivity contribution in [2.75, 3.05) is 12.4 Å². The Hall–Kier alpha value is -3.15. The van der Waals surface area contributed by atoms with Gasteiger partial charge >= 0.3 is 5.97 Å². The van der Waals surface area contributed by atoms with Gasteiger partial charge in [-0.25, -0.2) is 0 Å². The number of hydrogen-bond acceptors (Lipinski definition) is 4. The molecule has 2 rings (SSSR count). The first kappa shape index (κ1) is 19.2. The second-order valence-electron chi connectivity index (χ2n) is 5.79. The van der Waals surface area contributed by atoms with Crippen LogP contribution in [0.5, 0.6) is 5.75 Å². The van der Waals surface area contributed by atoms with Gasteiger partial charge < -0.3 is 15.2 Å². The number of aryl methyl sites for hydroxylation is 1. The summed E-state index contributed by atoms with van der Waals surface area (Å²) in [6.07, 6.45) is 0.722. The molecule has 2 N–H and O–H groups in total. The second-order valence-corrected chi connectivity index (χ2v) is 5.79. The van der Waals surface area contributed by atoms with Crippen LogP contribution in [0, 0.1) is 0 Å². The molecule has 0 saturated heterocycles. The molecule has 136 valence electrons. The molecule has 2 aromatic rings. The quantitative estimate of drug-likeness (QED) is 0.673. The smallest absolute Gasteiger partial charge is 0.303 e. The van der Waals surface area contributed by atoms with E-state index in [4.69, 9.17) is 9.84 Å². The Labute approximate surface area is 151 Å². The Morgan fingerprint density at radius 3 is 2.15 bits per heavy atom. The van der Waals surface area contributed by atoms with Gasteiger partial charge in [0.1, 0.15) is 5.75 Å². The average molecular weight is 355 g/mol. The Morgan fingerprint density at radius 2 is 1.58 bits per heavy atom. The number of methoxy groups -OCH3 is 1. The van der Waals surface area contributed by atoms with Crippen LogP contribution < -0.4 is 10.1 Å². The van der Waals surface area contributed by atoms with E-state index in [2.05, 4.69) is 5.32 Å². The summed E-state index contributed by atoms with van der Waals surface area (Å²) in [4.78, 5) is 34.6. The van der Waals surface area contributed by atoms with E-state index < -0.39 is 5.97 Å². The maximum atomic E-state index is 12.1. The van der Waals surface area contributed by atoms with Gasteiger partial charge in [-0.3, -0.25) is 14.4 Å². The van der Waals surface area contributed by atoms with Crippen LogP contribution in [0.25, 0.3) is 0 Å². The zero-order chi connectivity index (χ0) is 18.9. The lowest BCUT2D eigenvalue weighted by atomic mass is 10.1. The van der Waals surface area contributed by atoms with Crippen molar-refractivity contribution in [1.82, 2.24) is 0 Å². The summed E-state index contributed by atoms with van der Waals surface area (Å²) in [5.41, 5.74) is 2.05. The molecule has 6 heteroatoms. The number of rotatable bonds is 9. The van der Waals surface area contributed by atoms with Crippen molar-refractivity contribution in [2.45, 2.75) is 25.7 Å². The topological polar surface area (TPSA) is 92.7 Å². The summed E-state index contributed by atoms with van der Waals surface area (Å²) in [5.74, 6) is -0.521. The molecule has 6 nitrogen and oxygen atoms in total. The van der Waals surface area contributed by atoms with E-state index in [9.17, 15) is 14.4 Å². The minimum Gasteiger partial charge on any atom is -0.497 e. The number of aliphatic carboxylic acids is 1. The highest BCUT2D eigenvalue weighted by Crippen LogP contribution is 2.15. The third-order valence-electron chi connectivity index (χ3n) is 3.86. The van der Waals surface area contributed by atoms with E-state index in [0.717, 1.165) is 5.56 Å². The van der Waals surface area contributed by atoms with E-state index in [0.29, 0.717) is 23.4 Å². The molecule has 26 heavy (non-hydrogen) atoms. The van der Waals surface area contributed by atoms with Gasteiger partial charge in [0, 0.05) is 30.5 Å². The van der Waals surface area contributed by atoms with Crippen LogP contribution in [0.15, 0.2) is 48.5 Å². The molecule has 0 unspecified atom stereocenters. The third-order valence-corrected chi connectivity index (χ3v) is 3.86. The van der Waals surface area contributed by atoms with Gasteiger partial charge in [-0.15, -0.1) is 0 Å². The fraction of sp³-hybridized carbons (Fsp3) is 0.250. The molecule has 0 aliphatic rings. The van der Waals surface area contributed by atoms with E-state index in [1.54, 1.807) is 55.6 Å². The number of anilines is 1. The predicted octanol–water partition coefficient (Wildman–Crippen LogP) is 3.31. The highest BCUT2D eigenvalue weighted by Gasteiger charge is 2.10. The number of hydrogen-bond donors (Lipinski definition) is 2. The molecule has 0 spiro atoms. The lowest BCUT2D eigenvalue weighted by molar-refractivity contribution is -0.137. The molecular weight excluding hydrogens is 334 g/mol. The molecule has 0 heterocycles. The van der Waals surface area contributed by atoms with Crippen LogP contribution in [0.4, 0.5) is 5.69 Å². The number of ketones is 1. The molecule has 2 aromatic carbocycles. The van der Waals surface area contributed by atoms with Crippen LogP contribution in [0.3, 0.4) is 0 Å². The van der Waals surface area contributed by atoms with Gasteiger partial charge in [-0.2, -0.15) is 0 Å². The number of benzene rings is 2. The number of carbonyl (C=O) groups excluding carboxylic acids is 2. The monoisotopic (exact) mass is 355 g/mol. The average Bonchev–Trinajstić information content (AvgIpc) is 2.65. The largest absolute Gasteiger partial charge is 0.497 e. The summed E-state index contributed by atoms with van der Waals surface area (Å²) in [6, 6.07) is 13.8. The maximum absolute atomic E-state index is 12.1. The third kappa shape index (κ3) is 6.05. The first-order valence-corrected chi connectivity index (χ1v) is 8.26. The molecule has 0 aliphatic carbocycles. The summed E-state index contributed by atoms with van der Waals surface area (Å²) in [6.45, 7) is 0. The lowest BCUT2D eigenvalue weighted by Gasteiger charge is -2.07. The van der Waals surface area contributed by atoms with Crippen LogP contribution >= 0.6 is 0 Å². The Bertz CT molecular complexity index is 766. The number of carboxylic acids is 1. The molecule has 0 atom stereocenters. The second kappa shape index (κ2) is 9.36. The van der Waals surface area contributed by atoms with Gasteiger partial charge in [0.15, 0.2) is 5.78 Å². The fourth-order valence-electron chi connectivity index (χ4n) is 2.38. The molecular formula is C20H21NO5. The van der Waals surface area contributed by atoms with E-state index >= 15 is 0 Å². The number of Topliss-reactive ketones (excluding diaryl/α,β-unsaturated/α-hetero) is 1. The van der Waals surface area contributed by atoms with Crippen molar-refractivity contribution in [3.05, 3.63) is 59.7 Å². The van der Waals surface area contributed by atoms with E-state index in [1.165, 1.54) is 0 Å². The first-order chi connectivity index (χ1) is 12.5. The molecule has 0 radical (unpaired) electrons. The number of nitrogens with one attached hydrogen (secondary N) is 1. The number of ether oxygens (including phenoxy) is 1. The molecule has 0 saturated carbocycles. The minimum atomic E-state index is -0.844. The minimum absolute atomic E-state index is 0.0686. The van der Waals surface area contributed by atoms with Gasteiger partial charge in [0.25, 0.3) is 0 Å². The van der Waals surface area contributed by atoms with Crippen LogP contribution in [-0.2, 0) is 16.0 Å². The van der Waals surface area contributed by atoms with Gasteiger partial charge in [-0.05, 0) is 48.4 Å². The highest BCUT2D eigenvalue weighted by molar-refractivity contribution is 6.00. The van der Waals surface area contributed by atoms with E-state index in [-0.39, 0.29) is 31.0 Å². The molecule has 1 amide bonds. The van der Waals surface area contributed by atoms with Crippen LogP contribution in [-0.4, -0.2) is 29.9 Å². The van der Waals surface area contributed by atoms with Gasteiger partial charge in [0.05, 0.1) is 7.11 Å². The van der Waals surface area contributed by atoms with Crippen LogP contribution in [0.1, 0.15) is 35.2 Å². The Kier molecular flexibility index (Phi) is 6.91. The molecule has 0 aliphatic heterocycles. The highest BCUT2D eigenvalue weighted by atomic mass is 16.5. The zero-order valence-electron chi connectivity index (χ0n) is 14.5. The molecule has 0 fully saturated rings. The number of carbonyl (C=O) groups is 3. The van der Waals surface area contributed by atoms with E-state index in [1.807, 2.05) is 0 Å². The maximum Gasteiger partial charge on any atom is 0.303 e. The van der Waals surface area contributed by atoms with Gasteiger partial charge in [0.2, 0.25) is 5.91 Å². The van der Waals surface area contributed by atoms with Crippen molar-refractivity contribution in [1.29, 1.82) is 0 Å². The summed E-state index contributed by atoms with van der Waals surface area (Å²) in [5, 5.41) is 11.4. The Morgan fingerprint density at radius 1 is 0.923 bits per heavy atom. The molecule has 0 aromatic heterocycles. The summed E-state index contributed by atoms with van der Waals surface area (Å²) < 4.78 is 5.04. The normalized spacial score (nSPS) is 10.2. The van der Waals surface area contributed by atoms with Crippen molar-refractivity contribution < 1.29 is 24.2 Å². The Balaban J connectivity index is 1.80. The van der Waals surface area contributed by atoms with Crippen molar-refractivity contribution >= 4 is 23.3 Å². The first-order valence-electron chi connectivity index (χ1n) is 8.26. The van der Waals surface area contributed by atoms with Gasteiger partial charge in [-0.1, -0.05) is 12.1 Å².